The Morgan fingerprint density at radius 1 is 1.21 bits per heavy atom. The van der Waals surface area contributed by atoms with Gasteiger partial charge in [0.05, 0.1) is 12.8 Å². The second-order valence-electron chi connectivity index (χ2n) is 6.90. The van der Waals surface area contributed by atoms with Crippen LogP contribution < -0.4 is 4.74 Å². The van der Waals surface area contributed by atoms with Gasteiger partial charge in [-0.2, -0.15) is 0 Å². The van der Waals surface area contributed by atoms with Gasteiger partial charge < -0.3 is 9.15 Å². The number of rotatable bonds is 4. The Hall–Kier alpha value is -1.81. The van der Waals surface area contributed by atoms with Gasteiger partial charge in [0.2, 0.25) is 5.89 Å². The van der Waals surface area contributed by atoms with Gasteiger partial charge in [-0.1, -0.05) is 6.42 Å². The highest BCUT2D eigenvalue weighted by Crippen LogP contribution is 2.32. The average molecular weight is 328 g/mol. The summed E-state index contributed by atoms with van der Waals surface area (Å²) >= 11 is 0. The molecule has 130 valence electrons. The van der Waals surface area contributed by atoms with Gasteiger partial charge in [0.15, 0.2) is 0 Å². The largest absolute Gasteiger partial charge is 0.496 e. The zero-order valence-corrected chi connectivity index (χ0v) is 15.5. The number of aryl methyl sites for hydroxylation is 1. The van der Waals surface area contributed by atoms with Crippen molar-refractivity contribution in [2.75, 3.05) is 13.7 Å². The van der Waals surface area contributed by atoms with Crippen LogP contribution in [0.5, 0.6) is 5.75 Å². The van der Waals surface area contributed by atoms with Gasteiger partial charge in [-0.3, -0.25) is 4.90 Å². The third-order valence-electron chi connectivity index (χ3n) is 5.37. The first-order valence-electron chi connectivity index (χ1n) is 8.86. The molecule has 1 aliphatic rings. The first kappa shape index (κ1) is 17.0. The van der Waals surface area contributed by atoms with Crippen LogP contribution in [0.15, 0.2) is 16.5 Å². The number of methoxy groups -OCH3 is 1. The second-order valence-corrected chi connectivity index (χ2v) is 6.90. The predicted molar refractivity (Wildman–Crippen MR) is 96.4 cm³/mol. The molecule has 2 heterocycles. The van der Waals surface area contributed by atoms with Crippen molar-refractivity contribution < 1.29 is 9.15 Å². The lowest BCUT2D eigenvalue weighted by molar-refractivity contribution is 0.150. The van der Waals surface area contributed by atoms with Crippen molar-refractivity contribution in [1.29, 1.82) is 0 Å². The maximum Gasteiger partial charge on any atom is 0.226 e. The molecule has 0 bridgehead atoms. The number of aromatic nitrogens is 1. The van der Waals surface area contributed by atoms with Crippen molar-refractivity contribution in [3.8, 4) is 17.2 Å². The van der Waals surface area contributed by atoms with E-state index in [0.29, 0.717) is 6.04 Å². The smallest absolute Gasteiger partial charge is 0.226 e. The van der Waals surface area contributed by atoms with Crippen LogP contribution in [-0.2, 0) is 6.54 Å². The molecule has 24 heavy (non-hydrogen) atoms. The second kappa shape index (κ2) is 6.98. The summed E-state index contributed by atoms with van der Waals surface area (Å²) in [4.78, 5) is 7.33. The number of hydrogen-bond acceptors (Lipinski definition) is 4. The molecule has 0 radical (unpaired) electrons. The number of hydrogen-bond donors (Lipinski definition) is 0. The molecule has 1 saturated heterocycles. The summed E-state index contributed by atoms with van der Waals surface area (Å²) in [5, 5.41) is 0. The van der Waals surface area contributed by atoms with Crippen molar-refractivity contribution in [1.82, 2.24) is 9.88 Å². The molecule has 1 aliphatic heterocycles. The highest BCUT2D eigenvalue weighted by atomic mass is 16.5. The topological polar surface area (TPSA) is 38.5 Å². The summed E-state index contributed by atoms with van der Waals surface area (Å²) < 4.78 is 11.4. The maximum atomic E-state index is 6.01. The monoisotopic (exact) mass is 328 g/mol. The summed E-state index contributed by atoms with van der Waals surface area (Å²) in [7, 11) is 1.70. The average Bonchev–Trinajstić information content (AvgIpc) is 2.93. The molecule has 3 rings (SSSR count). The van der Waals surface area contributed by atoms with Crippen LogP contribution >= 0.6 is 0 Å². The molecule has 1 aromatic heterocycles. The van der Waals surface area contributed by atoms with Crippen molar-refractivity contribution >= 4 is 0 Å². The number of nitrogens with zero attached hydrogens (tertiary/aromatic N) is 2. The van der Waals surface area contributed by atoms with E-state index in [0.717, 1.165) is 52.9 Å². The summed E-state index contributed by atoms with van der Waals surface area (Å²) in [6.07, 6.45) is 3.90. The molecule has 0 saturated carbocycles. The van der Waals surface area contributed by atoms with Gasteiger partial charge in [-0.25, -0.2) is 4.98 Å². The third-order valence-corrected chi connectivity index (χ3v) is 5.37. The van der Waals surface area contributed by atoms with Crippen molar-refractivity contribution in [3.05, 3.63) is 34.7 Å². The van der Waals surface area contributed by atoms with Crippen LogP contribution in [-0.4, -0.2) is 29.6 Å². The van der Waals surface area contributed by atoms with Gasteiger partial charge in [0, 0.05) is 18.2 Å². The van der Waals surface area contributed by atoms with Gasteiger partial charge in [0.1, 0.15) is 11.5 Å². The van der Waals surface area contributed by atoms with Gasteiger partial charge in [0.25, 0.3) is 0 Å². The molecular formula is C20H28N2O2. The summed E-state index contributed by atoms with van der Waals surface area (Å²) in [6.45, 7) is 10.5. The SMILES string of the molecule is COc1ccc(-c2nc(CN3CCCC[C@@H]3C)c(C)o2)c(C)c1C. The molecule has 0 N–H and O–H groups in total. The van der Waals surface area contributed by atoms with E-state index in [1.54, 1.807) is 7.11 Å². The zero-order valence-electron chi connectivity index (χ0n) is 15.5. The van der Waals surface area contributed by atoms with Crippen molar-refractivity contribution in [2.45, 2.75) is 59.5 Å². The van der Waals surface area contributed by atoms with Crippen molar-refractivity contribution in [3.63, 3.8) is 0 Å². The molecule has 4 heteroatoms. The Kier molecular flexibility index (Phi) is 4.95. The van der Waals surface area contributed by atoms with E-state index in [2.05, 4.69) is 25.7 Å². The van der Waals surface area contributed by atoms with Gasteiger partial charge in [-0.15, -0.1) is 0 Å². The lowest BCUT2D eigenvalue weighted by Gasteiger charge is -2.32. The fraction of sp³-hybridized carbons (Fsp3) is 0.550. The van der Waals surface area contributed by atoms with Crippen LogP contribution in [0, 0.1) is 20.8 Å². The van der Waals surface area contributed by atoms with Crippen LogP contribution in [0.3, 0.4) is 0 Å². The highest BCUT2D eigenvalue weighted by molar-refractivity contribution is 5.63. The molecule has 2 aromatic rings. The minimum atomic E-state index is 0.628. The first-order chi connectivity index (χ1) is 11.5. The lowest BCUT2D eigenvalue weighted by atomic mass is 10.0. The van der Waals surface area contributed by atoms with E-state index < -0.39 is 0 Å². The Balaban J connectivity index is 1.87. The highest BCUT2D eigenvalue weighted by Gasteiger charge is 2.22. The first-order valence-corrected chi connectivity index (χ1v) is 8.86. The van der Waals surface area contributed by atoms with E-state index in [1.165, 1.54) is 19.3 Å². The number of likely N-dealkylation sites (tertiary alicyclic amines) is 1. The molecule has 0 aliphatic carbocycles. The zero-order chi connectivity index (χ0) is 17.3. The Morgan fingerprint density at radius 3 is 2.71 bits per heavy atom. The minimum absolute atomic E-state index is 0.628. The summed E-state index contributed by atoms with van der Waals surface area (Å²) in [5.74, 6) is 2.55. The van der Waals surface area contributed by atoms with E-state index in [-0.39, 0.29) is 0 Å². The summed E-state index contributed by atoms with van der Waals surface area (Å²) in [5.41, 5.74) is 4.41. The number of benzene rings is 1. The van der Waals surface area contributed by atoms with E-state index in [9.17, 15) is 0 Å². The third kappa shape index (κ3) is 3.20. The Labute approximate surface area is 144 Å². The van der Waals surface area contributed by atoms with E-state index >= 15 is 0 Å². The normalized spacial score (nSPS) is 18.8. The molecule has 4 nitrogen and oxygen atoms in total. The maximum absolute atomic E-state index is 6.01. The standard InChI is InChI=1S/C20H28N2O2/c1-13-8-6-7-11-22(13)12-18-16(4)24-20(21-18)17-9-10-19(23-5)15(3)14(17)2/h9-10,13H,6-8,11-12H2,1-5H3/t13-/m0/s1. The Bertz CT molecular complexity index is 721. The minimum Gasteiger partial charge on any atom is -0.496 e. The number of ether oxygens (including phenoxy) is 1. The molecule has 1 aromatic carbocycles. The van der Waals surface area contributed by atoms with Gasteiger partial charge >= 0.3 is 0 Å². The summed E-state index contributed by atoms with van der Waals surface area (Å²) in [6, 6.07) is 4.66. The van der Waals surface area contributed by atoms with Crippen molar-refractivity contribution in [2.24, 2.45) is 0 Å². The van der Waals surface area contributed by atoms with Crippen LogP contribution in [0.1, 0.15) is 48.8 Å². The number of piperidine rings is 1. The van der Waals surface area contributed by atoms with E-state index in [1.807, 2.05) is 19.1 Å². The van der Waals surface area contributed by atoms with Crippen LogP contribution in [0.4, 0.5) is 0 Å². The number of oxazole rings is 1. The predicted octanol–water partition coefficient (Wildman–Crippen LogP) is 4.65. The van der Waals surface area contributed by atoms with Gasteiger partial charge in [-0.05, 0) is 70.3 Å². The quantitative estimate of drug-likeness (QED) is 0.819. The fourth-order valence-electron chi connectivity index (χ4n) is 3.52. The lowest BCUT2D eigenvalue weighted by Crippen LogP contribution is -2.37. The van der Waals surface area contributed by atoms with Crippen LogP contribution in [0.2, 0.25) is 0 Å². The molecule has 0 amide bonds. The van der Waals surface area contributed by atoms with E-state index in [4.69, 9.17) is 14.1 Å². The Morgan fingerprint density at radius 2 is 2.00 bits per heavy atom. The molecule has 0 unspecified atom stereocenters. The fourth-order valence-corrected chi connectivity index (χ4v) is 3.52. The molecule has 0 spiro atoms. The molecule has 1 fully saturated rings. The molecule has 1 atom stereocenters. The van der Waals surface area contributed by atoms with Crippen LogP contribution in [0.25, 0.3) is 11.5 Å². The molecular weight excluding hydrogens is 300 g/mol.